The molecule has 0 radical (unpaired) electrons. The number of fused-ring (bicyclic) bond motifs is 1. The van der Waals surface area contributed by atoms with E-state index in [0.717, 1.165) is 0 Å². The minimum Gasteiger partial charge on any atom is -0.493 e. The van der Waals surface area contributed by atoms with Crippen molar-refractivity contribution in [1.29, 1.82) is 0 Å². The molecule has 8 heteroatoms. The monoisotopic (exact) mass is 439 g/mol. The molecule has 0 atom stereocenters. The first-order chi connectivity index (χ1) is 14.0. The summed E-state index contributed by atoms with van der Waals surface area (Å²) in [6.45, 7) is 5.06. The van der Waals surface area contributed by atoms with Crippen LogP contribution < -0.4 is 14.2 Å². The molecule has 1 aromatic heterocycles. The second kappa shape index (κ2) is 9.20. The molecule has 2 aliphatic heterocycles. The summed E-state index contributed by atoms with van der Waals surface area (Å²) in [5.41, 5.74) is 0.931. The predicted octanol–water partition coefficient (Wildman–Crippen LogP) is 5.13. The Morgan fingerprint density at radius 3 is 2.34 bits per heavy atom. The van der Waals surface area contributed by atoms with Crippen molar-refractivity contribution >= 4 is 29.0 Å². The van der Waals surface area contributed by atoms with Crippen molar-refractivity contribution in [1.82, 2.24) is 4.98 Å². The summed E-state index contributed by atoms with van der Waals surface area (Å²) >= 11 is 12.3. The van der Waals surface area contributed by atoms with E-state index in [1.165, 1.54) is 12.4 Å². The molecule has 2 aromatic rings. The molecule has 0 amide bonds. The zero-order valence-corrected chi connectivity index (χ0v) is 18.1. The van der Waals surface area contributed by atoms with E-state index in [9.17, 15) is 4.79 Å². The maximum Gasteiger partial charge on any atom is 0.256 e. The number of carbonyl (C=O) groups is 1. The number of hydrogen-bond acceptors (Lipinski definition) is 6. The van der Waals surface area contributed by atoms with Gasteiger partial charge in [-0.05, 0) is 12.1 Å². The van der Waals surface area contributed by atoms with Crippen LogP contribution in [0.4, 0.5) is 0 Å². The summed E-state index contributed by atoms with van der Waals surface area (Å²) in [7, 11) is 1.55. The lowest BCUT2D eigenvalue weighted by atomic mass is 10.0. The molecule has 4 rings (SSSR count). The summed E-state index contributed by atoms with van der Waals surface area (Å²) in [6, 6.07) is 3.37. The molecule has 0 unspecified atom stereocenters. The Morgan fingerprint density at radius 2 is 1.72 bits per heavy atom. The SMILES string of the molecule is CC.COc1ccc(C(=O)Cc2c(Cl)cncc2Cl)c2c1OC1(CCOCC1)O2. The molecule has 156 valence electrons. The Hall–Kier alpha value is -2.02. The van der Waals surface area contributed by atoms with Crippen molar-refractivity contribution in [2.45, 2.75) is 38.9 Å². The van der Waals surface area contributed by atoms with E-state index < -0.39 is 5.79 Å². The van der Waals surface area contributed by atoms with Gasteiger partial charge in [0.2, 0.25) is 5.75 Å². The lowest BCUT2D eigenvalue weighted by molar-refractivity contribution is -0.144. The largest absolute Gasteiger partial charge is 0.493 e. The number of ether oxygens (including phenoxy) is 4. The maximum absolute atomic E-state index is 13.0. The minimum atomic E-state index is -0.823. The lowest BCUT2D eigenvalue weighted by Crippen LogP contribution is -2.44. The van der Waals surface area contributed by atoms with Crippen LogP contribution in [0.2, 0.25) is 10.0 Å². The fourth-order valence-corrected chi connectivity index (χ4v) is 3.76. The average Bonchev–Trinajstić information content (AvgIpc) is 3.10. The molecule has 6 nitrogen and oxygen atoms in total. The zero-order valence-electron chi connectivity index (χ0n) is 16.6. The first-order valence-corrected chi connectivity index (χ1v) is 10.3. The van der Waals surface area contributed by atoms with Gasteiger partial charge < -0.3 is 18.9 Å². The number of ketones is 1. The third kappa shape index (κ3) is 4.29. The number of rotatable bonds is 4. The predicted molar refractivity (Wildman–Crippen MR) is 111 cm³/mol. The minimum absolute atomic E-state index is 0.0262. The van der Waals surface area contributed by atoms with E-state index in [1.54, 1.807) is 19.2 Å². The lowest BCUT2D eigenvalue weighted by Gasteiger charge is -2.31. The zero-order chi connectivity index (χ0) is 21.0. The number of carbonyl (C=O) groups excluding carboxylic acids is 1. The third-order valence-corrected chi connectivity index (χ3v) is 5.37. The third-order valence-electron chi connectivity index (χ3n) is 4.72. The molecule has 0 N–H and O–H groups in total. The van der Waals surface area contributed by atoms with Crippen LogP contribution in [0.15, 0.2) is 24.5 Å². The molecule has 2 aliphatic rings. The van der Waals surface area contributed by atoms with E-state index in [0.29, 0.717) is 64.5 Å². The Morgan fingerprint density at radius 1 is 1.10 bits per heavy atom. The Balaban J connectivity index is 0.00000117. The van der Waals surface area contributed by atoms with Gasteiger partial charge in [0.15, 0.2) is 17.3 Å². The molecular formula is C21H23Cl2NO5. The van der Waals surface area contributed by atoms with Gasteiger partial charge in [-0.1, -0.05) is 37.0 Å². The van der Waals surface area contributed by atoms with Gasteiger partial charge in [-0.15, -0.1) is 0 Å². The highest BCUT2D eigenvalue weighted by Gasteiger charge is 2.46. The number of nitrogens with zero attached hydrogens (tertiary/aromatic N) is 1. The van der Waals surface area contributed by atoms with E-state index >= 15 is 0 Å². The van der Waals surface area contributed by atoms with Crippen LogP contribution >= 0.6 is 23.2 Å². The molecule has 1 fully saturated rings. The number of aromatic nitrogens is 1. The van der Waals surface area contributed by atoms with Crippen molar-refractivity contribution in [2.24, 2.45) is 0 Å². The van der Waals surface area contributed by atoms with Crippen LogP contribution in [0, 0.1) is 0 Å². The quantitative estimate of drug-likeness (QED) is 0.615. The summed E-state index contributed by atoms with van der Waals surface area (Å²) in [6.07, 6.45) is 4.09. The van der Waals surface area contributed by atoms with Crippen LogP contribution in [0.3, 0.4) is 0 Å². The molecule has 1 saturated heterocycles. The molecule has 29 heavy (non-hydrogen) atoms. The standard InChI is InChI=1S/C19H17Cl2NO5.C2H6/c1-24-16-3-2-11(15(23)8-12-13(20)9-22-10-14(12)21)17-18(16)27-19(26-17)4-6-25-7-5-19;1-2/h2-3,9-10H,4-8H2,1H3;1-2H3. The van der Waals surface area contributed by atoms with E-state index in [4.69, 9.17) is 42.1 Å². The average molecular weight is 440 g/mol. The van der Waals surface area contributed by atoms with Gasteiger partial charge in [-0.2, -0.15) is 0 Å². The van der Waals surface area contributed by atoms with Crippen molar-refractivity contribution in [3.63, 3.8) is 0 Å². The fourth-order valence-electron chi connectivity index (χ4n) is 3.26. The summed E-state index contributed by atoms with van der Waals surface area (Å²) in [5.74, 6) is 0.345. The van der Waals surface area contributed by atoms with E-state index in [2.05, 4.69) is 4.98 Å². The normalized spacial score (nSPS) is 16.2. The van der Waals surface area contributed by atoms with Crippen LogP contribution in [0.5, 0.6) is 17.2 Å². The van der Waals surface area contributed by atoms with Gasteiger partial charge in [0, 0.05) is 37.2 Å². The second-order valence-corrected chi connectivity index (χ2v) is 7.20. The van der Waals surface area contributed by atoms with Crippen molar-refractivity contribution < 1.29 is 23.7 Å². The summed E-state index contributed by atoms with van der Waals surface area (Å²) in [4.78, 5) is 16.9. The topological polar surface area (TPSA) is 66.9 Å². The number of methoxy groups -OCH3 is 1. The first kappa shape index (κ1) is 21.7. The van der Waals surface area contributed by atoms with Crippen LogP contribution in [0.1, 0.15) is 42.6 Å². The highest BCUT2D eigenvalue weighted by Crippen LogP contribution is 2.51. The van der Waals surface area contributed by atoms with Gasteiger partial charge in [0.1, 0.15) is 0 Å². The van der Waals surface area contributed by atoms with Gasteiger partial charge in [0.25, 0.3) is 5.79 Å². The van der Waals surface area contributed by atoms with Crippen molar-refractivity contribution in [2.75, 3.05) is 20.3 Å². The second-order valence-electron chi connectivity index (χ2n) is 6.38. The highest BCUT2D eigenvalue weighted by molar-refractivity contribution is 6.36. The molecule has 0 saturated carbocycles. The van der Waals surface area contributed by atoms with E-state index in [1.807, 2.05) is 13.8 Å². The van der Waals surface area contributed by atoms with Gasteiger partial charge >= 0.3 is 0 Å². The van der Waals surface area contributed by atoms with Crippen LogP contribution in [0.25, 0.3) is 0 Å². The maximum atomic E-state index is 13.0. The highest BCUT2D eigenvalue weighted by atomic mass is 35.5. The number of benzene rings is 1. The fraction of sp³-hybridized carbons (Fsp3) is 0.429. The Bertz CT molecular complexity index is 877. The Kier molecular flexibility index (Phi) is 6.88. The van der Waals surface area contributed by atoms with Gasteiger partial charge in [-0.25, -0.2) is 0 Å². The molecular weight excluding hydrogens is 417 g/mol. The number of Topliss-reactive ketones (excluding diaryl/α,β-unsaturated/α-hetero) is 1. The Labute approximate surface area is 180 Å². The molecule has 0 aliphatic carbocycles. The number of pyridine rings is 1. The van der Waals surface area contributed by atoms with Crippen molar-refractivity contribution in [3.05, 3.63) is 45.7 Å². The first-order valence-electron chi connectivity index (χ1n) is 9.51. The summed E-state index contributed by atoms with van der Waals surface area (Å²) in [5, 5.41) is 0.693. The summed E-state index contributed by atoms with van der Waals surface area (Å²) < 4.78 is 23.0. The number of hydrogen-bond donors (Lipinski definition) is 0. The van der Waals surface area contributed by atoms with Gasteiger partial charge in [0.05, 0.1) is 35.9 Å². The molecule has 0 bridgehead atoms. The van der Waals surface area contributed by atoms with Crippen molar-refractivity contribution in [3.8, 4) is 17.2 Å². The molecule has 1 aromatic carbocycles. The molecule has 1 spiro atoms. The molecule has 3 heterocycles. The van der Waals surface area contributed by atoms with Gasteiger partial charge in [-0.3, -0.25) is 9.78 Å². The van der Waals surface area contributed by atoms with E-state index in [-0.39, 0.29) is 12.2 Å². The van der Waals surface area contributed by atoms with Crippen LogP contribution in [-0.2, 0) is 11.2 Å². The number of halogens is 2. The smallest absolute Gasteiger partial charge is 0.256 e. The van der Waals surface area contributed by atoms with Crippen LogP contribution in [-0.4, -0.2) is 36.9 Å².